The quantitative estimate of drug-likeness (QED) is 0.680. The summed E-state index contributed by atoms with van der Waals surface area (Å²) in [5, 5.41) is 3.41. The molecule has 1 rings (SSSR count). The van der Waals surface area contributed by atoms with Crippen LogP contribution in [0.2, 0.25) is 0 Å². The van der Waals surface area contributed by atoms with Gasteiger partial charge in [0.25, 0.3) is 0 Å². The Bertz CT molecular complexity index is 324. The molecule has 0 atom stereocenters. The minimum Gasteiger partial charge on any atom is -0.316 e. The maximum absolute atomic E-state index is 12.9. The molecule has 3 heteroatoms. The first-order valence-electron chi connectivity index (χ1n) is 6.93. The summed E-state index contributed by atoms with van der Waals surface area (Å²) in [5.74, 6) is -0.144. The van der Waals surface area contributed by atoms with Gasteiger partial charge in [0, 0.05) is 0 Å². The minimum absolute atomic E-state index is 0.144. The van der Waals surface area contributed by atoms with Gasteiger partial charge in [-0.15, -0.1) is 0 Å². The van der Waals surface area contributed by atoms with Crippen LogP contribution in [0, 0.1) is 5.82 Å². The summed E-state index contributed by atoms with van der Waals surface area (Å²) >= 11 is 0. The molecule has 0 saturated carbocycles. The number of halogens is 1. The first-order chi connectivity index (χ1) is 8.76. The summed E-state index contributed by atoms with van der Waals surface area (Å²) in [7, 11) is 0. The van der Waals surface area contributed by atoms with Crippen LogP contribution in [0.25, 0.3) is 0 Å². The third-order valence-electron chi connectivity index (χ3n) is 3.20. The molecule has 0 aliphatic carbocycles. The van der Waals surface area contributed by atoms with Crippen molar-refractivity contribution in [3.8, 4) is 0 Å². The second-order valence-electron chi connectivity index (χ2n) is 4.51. The van der Waals surface area contributed by atoms with E-state index in [-0.39, 0.29) is 5.82 Å². The molecule has 0 radical (unpaired) electrons. The molecule has 0 aliphatic rings. The van der Waals surface area contributed by atoms with Crippen molar-refractivity contribution in [2.24, 2.45) is 0 Å². The van der Waals surface area contributed by atoms with Gasteiger partial charge in [-0.25, -0.2) is 4.39 Å². The van der Waals surface area contributed by atoms with Gasteiger partial charge in [-0.05, 0) is 63.3 Å². The van der Waals surface area contributed by atoms with Crippen molar-refractivity contribution in [3.05, 3.63) is 35.6 Å². The molecule has 2 nitrogen and oxygen atoms in total. The highest BCUT2D eigenvalue weighted by Gasteiger charge is 1.98. The average Bonchev–Trinajstić information content (AvgIpc) is 2.38. The number of benzene rings is 1. The maximum Gasteiger partial charge on any atom is 0.123 e. The van der Waals surface area contributed by atoms with Crippen LogP contribution in [0.5, 0.6) is 0 Å². The van der Waals surface area contributed by atoms with Gasteiger partial charge in [0.2, 0.25) is 0 Å². The van der Waals surface area contributed by atoms with Crippen molar-refractivity contribution in [3.63, 3.8) is 0 Å². The van der Waals surface area contributed by atoms with Gasteiger partial charge in [-0.1, -0.05) is 26.0 Å². The first kappa shape index (κ1) is 15.1. The molecule has 1 aromatic rings. The molecule has 0 saturated heterocycles. The van der Waals surface area contributed by atoms with E-state index in [1.807, 2.05) is 6.07 Å². The largest absolute Gasteiger partial charge is 0.316 e. The molecule has 0 aliphatic heterocycles. The SMILES string of the molecule is CCN(CC)CCCNCCc1cccc(F)c1. The van der Waals surface area contributed by atoms with Crippen molar-refractivity contribution >= 4 is 0 Å². The summed E-state index contributed by atoms with van der Waals surface area (Å²) < 4.78 is 12.9. The van der Waals surface area contributed by atoms with Crippen LogP contribution in [0.15, 0.2) is 24.3 Å². The lowest BCUT2D eigenvalue weighted by atomic mass is 10.1. The molecular weight excluding hydrogens is 227 g/mol. The molecule has 1 aromatic carbocycles. The van der Waals surface area contributed by atoms with Gasteiger partial charge < -0.3 is 10.2 Å². The standard InChI is InChI=1S/C15H25FN2/c1-3-18(4-2)12-6-10-17-11-9-14-7-5-8-15(16)13-14/h5,7-8,13,17H,3-4,6,9-12H2,1-2H3. The third kappa shape index (κ3) is 6.12. The number of nitrogens with one attached hydrogen (secondary N) is 1. The number of nitrogens with zero attached hydrogens (tertiary/aromatic N) is 1. The molecular formula is C15H25FN2. The molecule has 0 amide bonds. The summed E-state index contributed by atoms with van der Waals surface area (Å²) in [6.07, 6.45) is 2.06. The number of rotatable bonds is 9. The Morgan fingerprint density at radius 1 is 1.17 bits per heavy atom. The molecule has 102 valence electrons. The molecule has 1 N–H and O–H groups in total. The third-order valence-corrected chi connectivity index (χ3v) is 3.20. The van der Waals surface area contributed by atoms with Crippen molar-refractivity contribution in [2.75, 3.05) is 32.7 Å². The van der Waals surface area contributed by atoms with Gasteiger partial charge in [-0.2, -0.15) is 0 Å². The summed E-state index contributed by atoms with van der Waals surface area (Å²) in [4.78, 5) is 2.42. The fraction of sp³-hybridized carbons (Fsp3) is 0.600. The monoisotopic (exact) mass is 252 g/mol. The highest BCUT2D eigenvalue weighted by molar-refractivity contribution is 5.16. The van der Waals surface area contributed by atoms with E-state index < -0.39 is 0 Å². The Morgan fingerprint density at radius 2 is 1.94 bits per heavy atom. The zero-order chi connectivity index (χ0) is 13.2. The molecule has 0 heterocycles. The topological polar surface area (TPSA) is 15.3 Å². The van der Waals surface area contributed by atoms with Crippen LogP contribution in [0.4, 0.5) is 4.39 Å². The summed E-state index contributed by atoms with van der Waals surface area (Å²) in [6.45, 7) is 9.74. The fourth-order valence-corrected chi connectivity index (χ4v) is 2.02. The van der Waals surface area contributed by atoms with E-state index in [4.69, 9.17) is 0 Å². The average molecular weight is 252 g/mol. The molecule has 0 unspecified atom stereocenters. The lowest BCUT2D eigenvalue weighted by Gasteiger charge is -2.17. The van der Waals surface area contributed by atoms with E-state index in [9.17, 15) is 4.39 Å². The molecule has 18 heavy (non-hydrogen) atoms. The highest BCUT2D eigenvalue weighted by Crippen LogP contribution is 2.03. The van der Waals surface area contributed by atoms with E-state index in [1.54, 1.807) is 12.1 Å². The highest BCUT2D eigenvalue weighted by atomic mass is 19.1. The Balaban J connectivity index is 2.05. The maximum atomic E-state index is 12.9. The van der Waals surface area contributed by atoms with Crippen LogP contribution in [0.3, 0.4) is 0 Å². The van der Waals surface area contributed by atoms with Gasteiger partial charge >= 0.3 is 0 Å². The van der Waals surface area contributed by atoms with Crippen LogP contribution in [-0.2, 0) is 6.42 Å². The Kier molecular flexibility index (Phi) is 7.62. The second-order valence-corrected chi connectivity index (χ2v) is 4.51. The fourth-order valence-electron chi connectivity index (χ4n) is 2.02. The van der Waals surface area contributed by atoms with Crippen LogP contribution in [-0.4, -0.2) is 37.6 Å². The lowest BCUT2D eigenvalue weighted by Crippen LogP contribution is -2.27. The predicted molar refractivity (Wildman–Crippen MR) is 75.4 cm³/mol. The molecule has 0 aromatic heterocycles. The lowest BCUT2D eigenvalue weighted by molar-refractivity contribution is 0.298. The zero-order valence-corrected chi connectivity index (χ0v) is 11.6. The van der Waals surface area contributed by atoms with Gasteiger partial charge in [0.15, 0.2) is 0 Å². The van der Waals surface area contributed by atoms with E-state index in [1.165, 1.54) is 12.5 Å². The molecule has 0 fully saturated rings. The number of hydrogen-bond donors (Lipinski definition) is 1. The van der Waals surface area contributed by atoms with Crippen LogP contribution in [0.1, 0.15) is 25.8 Å². The Morgan fingerprint density at radius 3 is 2.61 bits per heavy atom. The van der Waals surface area contributed by atoms with Crippen molar-refractivity contribution < 1.29 is 4.39 Å². The van der Waals surface area contributed by atoms with E-state index in [2.05, 4.69) is 24.1 Å². The smallest absolute Gasteiger partial charge is 0.123 e. The first-order valence-corrected chi connectivity index (χ1v) is 6.93. The Hall–Kier alpha value is -0.930. The molecule has 0 spiro atoms. The van der Waals surface area contributed by atoms with Crippen LogP contribution < -0.4 is 5.32 Å². The van der Waals surface area contributed by atoms with Crippen molar-refractivity contribution in [1.82, 2.24) is 10.2 Å². The van der Waals surface area contributed by atoms with E-state index in [0.29, 0.717) is 0 Å². The van der Waals surface area contributed by atoms with Gasteiger partial charge in [-0.3, -0.25) is 0 Å². The predicted octanol–water partition coefficient (Wildman–Crippen LogP) is 2.69. The van der Waals surface area contributed by atoms with Gasteiger partial charge in [0.05, 0.1) is 0 Å². The van der Waals surface area contributed by atoms with Gasteiger partial charge in [0.1, 0.15) is 5.82 Å². The minimum atomic E-state index is -0.144. The molecule has 0 bridgehead atoms. The second kappa shape index (κ2) is 9.06. The van der Waals surface area contributed by atoms with E-state index in [0.717, 1.165) is 44.7 Å². The van der Waals surface area contributed by atoms with Crippen molar-refractivity contribution in [1.29, 1.82) is 0 Å². The van der Waals surface area contributed by atoms with Crippen LogP contribution >= 0.6 is 0 Å². The summed E-state index contributed by atoms with van der Waals surface area (Å²) in [5.41, 5.74) is 1.06. The Labute approximate surface area is 110 Å². The zero-order valence-electron chi connectivity index (χ0n) is 11.6. The summed E-state index contributed by atoms with van der Waals surface area (Å²) in [6, 6.07) is 6.84. The number of hydrogen-bond acceptors (Lipinski definition) is 2. The normalized spacial score (nSPS) is 11.1. The van der Waals surface area contributed by atoms with Crippen molar-refractivity contribution in [2.45, 2.75) is 26.7 Å². The van der Waals surface area contributed by atoms with E-state index >= 15 is 0 Å².